The first-order valence-corrected chi connectivity index (χ1v) is 4.72. The first-order valence-electron chi connectivity index (χ1n) is 4.35. The third-order valence-electron chi connectivity index (χ3n) is 2.24. The molecule has 1 fully saturated rings. The van der Waals surface area contributed by atoms with Gasteiger partial charge in [-0.2, -0.15) is 4.98 Å². The second-order valence-corrected chi connectivity index (χ2v) is 3.75. The van der Waals surface area contributed by atoms with Crippen LogP contribution in [0.3, 0.4) is 0 Å². The summed E-state index contributed by atoms with van der Waals surface area (Å²) >= 11 is 5.74. The average Bonchev–Trinajstić information content (AvgIpc) is 2.00. The van der Waals surface area contributed by atoms with E-state index in [-0.39, 0.29) is 12.6 Å². The molecule has 2 rings (SSSR count). The van der Waals surface area contributed by atoms with E-state index in [9.17, 15) is 0 Å². The smallest absolute Gasteiger partial charge is 0.223 e. The molecule has 76 valence electrons. The topological polar surface area (TPSA) is 75.3 Å². The van der Waals surface area contributed by atoms with E-state index >= 15 is 0 Å². The highest BCUT2D eigenvalue weighted by Crippen LogP contribution is 2.24. The van der Waals surface area contributed by atoms with Crippen molar-refractivity contribution in [1.82, 2.24) is 9.97 Å². The minimum absolute atomic E-state index is 0.181. The quantitative estimate of drug-likeness (QED) is 0.685. The molecule has 0 unspecified atom stereocenters. The zero-order chi connectivity index (χ0) is 10.1. The molecule has 14 heavy (non-hydrogen) atoms. The number of nitrogens with two attached hydrogens (primary N) is 1. The Labute approximate surface area is 86.5 Å². The van der Waals surface area contributed by atoms with Crippen LogP contribution in [0.4, 0.5) is 11.8 Å². The summed E-state index contributed by atoms with van der Waals surface area (Å²) in [4.78, 5) is 9.83. The lowest BCUT2D eigenvalue weighted by Crippen LogP contribution is -2.48. The predicted molar refractivity (Wildman–Crippen MR) is 54.2 cm³/mol. The maximum Gasteiger partial charge on any atom is 0.223 e. The Kier molecular flexibility index (Phi) is 2.43. The molecule has 1 aromatic rings. The Bertz CT molecular complexity index is 320. The lowest BCUT2D eigenvalue weighted by atomic mass is 10.0. The van der Waals surface area contributed by atoms with Crippen LogP contribution >= 0.6 is 11.6 Å². The van der Waals surface area contributed by atoms with E-state index in [0.717, 1.165) is 18.9 Å². The fraction of sp³-hybridized carbons (Fsp3) is 0.500. The number of nitrogens with zero attached hydrogens (tertiary/aromatic N) is 3. The molecule has 0 bridgehead atoms. The normalized spacial score (nSPS) is 16.9. The van der Waals surface area contributed by atoms with E-state index in [1.807, 2.05) is 4.90 Å². The van der Waals surface area contributed by atoms with E-state index in [1.54, 1.807) is 6.07 Å². The van der Waals surface area contributed by atoms with E-state index in [4.69, 9.17) is 22.4 Å². The molecule has 6 heteroatoms. The van der Waals surface area contributed by atoms with Gasteiger partial charge in [-0.05, 0) is 0 Å². The van der Waals surface area contributed by atoms with Crippen molar-refractivity contribution in [1.29, 1.82) is 0 Å². The minimum atomic E-state index is 0.181. The third kappa shape index (κ3) is 1.73. The van der Waals surface area contributed by atoms with Gasteiger partial charge in [0.25, 0.3) is 0 Å². The van der Waals surface area contributed by atoms with Crippen LogP contribution in [0.25, 0.3) is 0 Å². The molecular formula is C8H11ClN4O. The van der Waals surface area contributed by atoms with Gasteiger partial charge in [-0.25, -0.2) is 4.98 Å². The van der Waals surface area contributed by atoms with Crippen LogP contribution in [-0.2, 0) is 0 Å². The predicted octanol–water partition coefficient (Wildman–Crippen LogP) is 0.141. The molecule has 0 amide bonds. The summed E-state index contributed by atoms with van der Waals surface area (Å²) in [6.45, 7) is 1.80. The van der Waals surface area contributed by atoms with Gasteiger partial charge in [0.15, 0.2) is 0 Å². The number of hydrogen-bond donors (Lipinski definition) is 2. The van der Waals surface area contributed by atoms with Gasteiger partial charge < -0.3 is 15.7 Å². The lowest BCUT2D eigenvalue weighted by molar-refractivity contribution is 0.200. The van der Waals surface area contributed by atoms with E-state index in [0.29, 0.717) is 11.1 Å². The maximum absolute atomic E-state index is 8.85. The number of hydrogen-bond acceptors (Lipinski definition) is 5. The third-order valence-corrected chi connectivity index (χ3v) is 2.43. The van der Waals surface area contributed by atoms with Gasteiger partial charge in [0.1, 0.15) is 11.0 Å². The summed E-state index contributed by atoms with van der Waals surface area (Å²) in [6, 6.07) is 1.67. The molecule has 1 aliphatic heterocycles. The monoisotopic (exact) mass is 214 g/mol. The fourth-order valence-electron chi connectivity index (χ4n) is 1.46. The Morgan fingerprint density at radius 1 is 1.57 bits per heavy atom. The average molecular weight is 215 g/mol. The number of aliphatic hydroxyl groups is 1. The summed E-state index contributed by atoms with van der Waals surface area (Å²) < 4.78 is 0. The standard InChI is InChI=1S/C8H11ClN4O/c9-6-1-7(12-8(10)11-6)13-2-5(3-13)4-14/h1,5,14H,2-4H2,(H2,10,11,12). The summed E-state index contributed by atoms with van der Waals surface area (Å²) in [5.41, 5.74) is 5.46. The molecule has 0 saturated carbocycles. The van der Waals surface area contributed by atoms with Crippen molar-refractivity contribution in [3.8, 4) is 0 Å². The highest BCUT2D eigenvalue weighted by atomic mass is 35.5. The van der Waals surface area contributed by atoms with Crippen LogP contribution in [0.15, 0.2) is 6.07 Å². The Balaban J connectivity index is 2.10. The highest BCUT2D eigenvalue weighted by Gasteiger charge is 2.27. The molecule has 0 atom stereocenters. The Morgan fingerprint density at radius 2 is 2.29 bits per heavy atom. The molecule has 0 aliphatic carbocycles. The van der Waals surface area contributed by atoms with Crippen molar-refractivity contribution >= 4 is 23.4 Å². The molecule has 1 saturated heterocycles. The van der Waals surface area contributed by atoms with Gasteiger partial charge in [-0.3, -0.25) is 0 Å². The van der Waals surface area contributed by atoms with Crippen molar-refractivity contribution in [2.75, 3.05) is 30.3 Å². The van der Waals surface area contributed by atoms with Crippen LogP contribution in [0.2, 0.25) is 5.15 Å². The maximum atomic E-state index is 8.85. The van der Waals surface area contributed by atoms with Crippen LogP contribution in [-0.4, -0.2) is 34.8 Å². The number of aliphatic hydroxyl groups excluding tert-OH is 1. The van der Waals surface area contributed by atoms with Crippen LogP contribution in [0.1, 0.15) is 0 Å². The van der Waals surface area contributed by atoms with Gasteiger partial charge >= 0.3 is 0 Å². The zero-order valence-corrected chi connectivity index (χ0v) is 8.28. The highest BCUT2D eigenvalue weighted by molar-refractivity contribution is 6.29. The number of nitrogen functional groups attached to an aromatic ring is 1. The molecule has 3 N–H and O–H groups in total. The number of halogens is 1. The van der Waals surface area contributed by atoms with Gasteiger partial charge in [0, 0.05) is 31.7 Å². The van der Waals surface area contributed by atoms with Crippen molar-refractivity contribution in [2.24, 2.45) is 5.92 Å². The molecule has 0 spiro atoms. The van der Waals surface area contributed by atoms with Gasteiger partial charge in [-0.1, -0.05) is 11.6 Å². The number of rotatable bonds is 2. The lowest BCUT2D eigenvalue weighted by Gasteiger charge is -2.39. The van der Waals surface area contributed by atoms with E-state index in [1.165, 1.54) is 0 Å². The molecule has 1 aromatic heterocycles. The molecular weight excluding hydrogens is 204 g/mol. The van der Waals surface area contributed by atoms with Crippen molar-refractivity contribution in [3.05, 3.63) is 11.2 Å². The summed E-state index contributed by atoms with van der Waals surface area (Å²) in [5.74, 6) is 1.25. The second kappa shape index (κ2) is 3.59. The van der Waals surface area contributed by atoms with Crippen LogP contribution < -0.4 is 10.6 Å². The van der Waals surface area contributed by atoms with Crippen LogP contribution in [0.5, 0.6) is 0 Å². The largest absolute Gasteiger partial charge is 0.396 e. The Hall–Kier alpha value is -1.07. The van der Waals surface area contributed by atoms with E-state index in [2.05, 4.69) is 9.97 Å². The summed E-state index contributed by atoms with van der Waals surface area (Å²) in [7, 11) is 0. The summed E-state index contributed by atoms with van der Waals surface area (Å²) in [5, 5.41) is 9.20. The number of anilines is 2. The van der Waals surface area contributed by atoms with Crippen LogP contribution in [0, 0.1) is 5.92 Å². The second-order valence-electron chi connectivity index (χ2n) is 3.36. The zero-order valence-electron chi connectivity index (χ0n) is 7.52. The molecule has 1 aliphatic rings. The number of aromatic nitrogens is 2. The van der Waals surface area contributed by atoms with Gasteiger partial charge in [-0.15, -0.1) is 0 Å². The van der Waals surface area contributed by atoms with Crippen molar-refractivity contribution < 1.29 is 5.11 Å². The molecule has 2 heterocycles. The van der Waals surface area contributed by atoms with Gasteiger partial charge in [0.2, 0.25) is 5.95 Å². The molecule has 0 aromatic carbocycles. The first-order chi connectivity index (χ1) is 6.69. The fourth-order valence-corrected chi connectivity index (χ4v) is 1.64. The van der Waals surface area contributed by atoms with E-state index < -0.39 is 0 Å². The Morgan fingerprint density at radius 3 is 2.86 bits per heavy atom. The molecule has 5 nitrogen and oxygen atoms in total. The first kappa shape index (κ1) is 9.48. The molecule has 0 radical (unpaired) electrons. The summed E-state index contributed by atoms with van der Waals surface area (Å²) in [6.07, 6.45) is 0. The minimum Gasteiger partial charge on any atom is -0.396 e. The van der Waals surface area contributed by atoms with Crippen molar-refractivity contribution in [3.63, 3.8) is 0 Å². The van der Waals surface area contributed by atoms with Crippen molar-refractivity contribution in [2.45, 2.75) is 0 Å². The SMILES string of the molecule is Nc1nc(Cl)cc(N2CC(CO)C2)n1. The van der Waals surface area contributed by atoms with Gasteiger partial charge in [0.05, 0.1) is 0 Å².